The Morgan fingerprint density at radius 1 is 1.09 bits per heavy atom. The molecule has 4 rings (SSSR count). The summed E-state index contributed by atoms with van der Waals surface area (Å²) in [6.45, 7) is 0.915. The van der Waals surface area contributed by atoms with Gasteiger partial charge in [-0.25, -0.2) is 4.68 Å². The number of fused-ring (bicyclic) bond motifs is 1. The van der Waals surface area contributed by atoms with Crippen LogP contribution in [0, 0.1) is 3.57 Å². The second-order valence-electron chi connectivity index (χ2n) is 5.40. The largest absolute Gasteiger partial charge is 0.369 e. The van der Waals surface area contributed by atoms with E-state index in [4.69, 9.17) is 28.3 Å². The lowest BCUT2D eigenvalue weighted by molar-refractivity contribution is 0.882. The van der Waals surface area contributed by atoms with Crippen LogP contribution in [0.25, 0.3) is 16.9 Å². The van der Waals surface area contributed by atoms with Gasteiger partial charge in [0, 0.05) is 31.3 Å². The lowest BCUT2D eigenvalue weighted by Crippen LogP contribution is -2.04. The van der Waals surface area contributed by atoms with Crippen molar-refractivity contribution in [1.29, 1.82) is 0 Å². The van der Waals surface area contributed by atoms with Crippen molar-refractivity contribution in [3.63, 3.8) is 0 Å². The summed E-state index contributed by atoms with van der Waals surface area (Å²) in [6.07, 6.45) is 0.963. The maximum atomic E-state index is 6.15. The van der Waals surface area contributed by atoms with E-state index in [1.54, 1.807) is 6.07 Å². The van der Waals surface area contributed by atoms with E-state index in [-0.39, 0.29) is 0 Å². The van der Waals surface area contributed by atoms with Gasteiger partial charge in [-0.05, 0) is 59.3 Å². The first-order valence-corrected chi connectivity index (χ1v) is 9.03. The Morgan fingerprint density at radius 2 is 1.87 bits per heavy atom. The predicted octanol–water partition coefficient (Wildman–Crippen LogP) is 5.42. The zero-order chi connectivity index (χ0) is 16.0. The normalized spacial score (nSPS) is 13.0. The molecule has 0 fully saturated rings. The van der Waals surface area contributed by atoms with Crippen LogP contribution in [-0.4, -0.2) is 16.3 Å². The minimum absolute atomic E-state index is 0.602. The summed E-state index contributed by atoms with van der Waals surface area (Å²) in [6, 6.07) is 13.9. The van der Waals surface area contributed by atoms with Gasteiger partial charge in [-0.2, -0.15) is 5.10 Å². The molecular weight excluding hydrogens is 444 g/mol. The second kappa shape index (κ2) is 6.00. The Hall–Kier alpha value is -1.24. The van der Waals surface area contributed by atoms with E-state index in [0.717, 1.165) is 35.7 Å². The Kier molecular flexibility index (Phi) is 3.99. The number of halogens is 3. The lowest BCUT2D eigenvalue weighted by Gasteiger charge is -2.07. The van der Waals surface area contributed by atoms with Crippen molar-refractivity contribution >= 4 is 51.6 Å². The van der Waals surface area contributed by atoms with Crippen LogP contribution in [0.3, 0.4) is 0 Å². The number of benzene rings is 2. The molecule has 3 aromatic rings. The van der Waals surface area contributed by atoms with Crippen molar-refractivity contribution in [1.82, 2.24) is 9.78 Å². The van der Waals surface area contributed by atoms with Crippen LogP contribution >= 0.6 is 45.8 Å². The highest BCUT2D eigenvalue weighted by Crippen LogP contribution is 2.35. The summed E-state index contributed by atoms with van der Waals surface area (Å²) in [5.74, 6) is 1.03. The van der Waals surface area contributed by atoms with Gasteiger partial charge < -0.3 is 5.32 Å². The fourth-order valence-corrected chi connectivity index (χ4v) is 3.95. The van der Waals surface area contributed by atoms with Crippen LogP contribution < -0.4 is 5.32 Å². The zero-order valence-electron chi connectivity index (χ0n) is 12.0. The van der Waals surface area contributed by atoms with Crippen molar-refractivity contribution in [2.45, 2.75) is 6.42 Å². The summed E-state index contributed by atoms with van der Waals surface area (Å²) in [5.41, 5.74) is 4.25. The van der Waals surface area contributed by atoms with Gasteiger partial charge in [-0.15, -0.1) is 0 Å². The van der Waals surface area contributed by atoms with E-state index >= 15 is 0 Å². The van der Waals surface area contributed by atoms with Gasteiger partial charge in [0.25, 0.3) is 0 Å². The first-order chi connectivity index (χ1) is 11.1. The van der Waals surface area contributed by atoms with Crippen molar-refractivity contribution in [2.24, 2.45) is 0 Å². The third kappa shape index (κ3) is 2.84. The molecule has 2 aromatic carbocycles. The molecule has 1 aromatic heterocycles. The van der Waals surface area contributed by atoms with Crippen molar-refractivity contribution < 1.29 is 0 Å². The highest BCUT2D eigenvalue weighted by Gasteiger charge is 2.24. The molecule has 0 saturated heterocycles. The molecule has 0 atom stereocenters. The monoisotopic (exact) mass is 455 g/mol. The van der Waals surface area contributed by atoms with Gasteiger partial charge in [0.1, 0.15) is 5.82 Å². The molecule has 0 amide bonds. The topological polar surface area (TPSA) is 29.9 Å². The fourth-order valence-electron chi connectivity index (χ4n) is 2.89. The summed E-state index contributed by atoms with van der Waals surface area (Å²) in [5, 5.41) is 9.46. The molecular formula is C17H12Cl2IN3. The molecule has 1 aliphatic rings. The molecule has 3 nitrogen and oxygen atoms in total. The summed E-state index contributed by atoms with van der Waals surface area (Å²) < 4.78 is 3.09. The van der Waals surface area contributed by atoms with Crippen LogP contribution in [0.4, 0.5) is 5.82 Å². The third-order valence-electron chi connectivity index (χ3n) is 3.84. The Balaban J connectivity index is 1.91. The van der Waals surface area contributed by atoms with Gasteiger partial charge >= 0.3 is 0 Å². The first-order valence-electron chi connectivity index (χ1n) is 7.20. The van der Waals surface area contributed by atoms with Gasteiger partial charge in [-0.3, -0.25) is 0 Å². The molecule has 1 aliphatic heterocycles. The van der Waals surface area contributed by atoms with Crippen molar-refractivity contribution in [3.8, 4) is 16.9 Å². The van der Waals surface area contributed by atoms with Crippen molar-refractivity contribution in [3.05, 3.63) is 61.6 Å². The van der Waals surface area contributed by atoms with Crippen LogP contribution in [0.1, 0.15) is 5.56 Å². The van der Waals surface area contributed by atoms with E-state index in [2.05, 4.69) is 52.2 Å². The quantitative estimate of drug-likeness (QED) is 0.523. The molecule has 0 saturated carbocycles. The Labute approximate surface area is 157 Å². The number of hydrogen-bond acceptors (Lipinski definition) is 2. The van der Waals surface area contributed by atoms with E-state index in [0.29, 0.717) is 10.0 Å². The summed E-state index contributed by atoms with van der Waals surface area (Å²) >= 11 is 14.6. The fraction of sp³-hybridized carbons (Fsp3) is 0.118. The standard InChI is InChI=1S/C17H12Cl2IN3/c18-11-7-12(19)9-14(8-11)23-17-15(4-5-21-17)16(22-23)10-2-1-3-13(20)6-10/h1-3,6-9,21H,4-5H2. The second-order valence-corrected chi connectivity index (χ2v) is 7.52. The number of nitrogens with one attached hydrogen (secondary N) is 1. The molecule has 2 heterocycles. The van der Waals surface area contributed by atoms with Crippen LogP contribution in [0.2, 0.25) is 10.0 Å². The van der Waals surface area contributed by atoms with Crippen LogP contribution in [0.15, 0.2) is 42.5 Å². The highest BCUT2D eigenvalue weighted by molar-refractivity contribution is 14.1. The number of hydrogen-bond donors (Lipinski definition) is 1. The van der Waals surface area contributed by atoms with Gasteiger partial charge in [0.15, 0.2) is 0 Å². The minimum Gasteiger partial charge on any atom is -0.369 e. The summed E-state index contributed by atoms with van der Waals surface area (Å²) in [4.78, 5) is 0. The maximum absolute atomic E-state index is 6.15. The van der Waals surface area contributed by atoms with E-state index in [1.165, 1.54) is 9.13 Å². The molecule has 23 heavy (non-hydrogen) atoms. The molecule has 1 N–H and O–H groups in total. The molecule has 0 aliphatic carbocycles. The number of rotatable bonds is 2. The van der Waals surface area contributed by atoms with Gasteiger partial charge in [0.05, 0.1) is 11.4 Å². The third-order valence-corrected chi connectivity index (χ3v) is 4.95. The molecule has 6 heteroatoms. The predicted molar refractivity (Wildman–Crippen MR) is 104 cm³/mol. The molecule has 0 spiro atoms. The van der Waals surface area contributed by atoms with E-state index in [9.17, 15) is 0 Å². The summed E-state index contributed by atoms with van der Waals surface area (Å²) in [7, 11) is 0. The average Bonchev–Trinajstić information content (AvgIpc) is 3.07. The Morgan fingerprint density at radius 3 is 2.61 bits per heavy atom. The molecule has 0 unspecified atom stereocenters. The highest BCUT2D eigenvalue weighted by atomic mass is 127. The van der Waals surface area contributed by atoms with E-state index in [1.807, 2.05) is 16.8 Å². The van der Waals surface area contributed by atoms with Crippen molar-refractivity contribution in [2.75, 3.05) is 11.9 Å². The molecule has 0 radical (unpaired) electrons. The smallest absolute Gasteiger partial charge is 0.133 e. The van der Waals surface area contributed by atoms with Crippen LogP contribution in [-0.2, 0) is 6.42 Å². The SMILES string of the molecule is Clc1cc(Cl)cc(-n2nc(-c3cccc(I)c3)c3c2NCC3)c1. The number of nitrogens with zero attached hydrogens (tertiary/aromatic N) is 2. The van der Waals surface area contributed by atoms with E-state index < -0.39 is 0 Å². The maximum Gasteiger partial charge on any atom is 0.133 e. The molecule has 116 valence electrons. The minimum atomic E-state index is 0.602. The van der Waals surface area contributed by atoms with Gasteiger partial charge in [-0.1, -0.05) is 35.3 Å². The van der Waals surface area contributed by atoms with Crippen LogP contribution in [0.5, 0.6) is 0 Å². The zero-order valence-corrected chi connectivity index (χ0v) is 15.7. The molecule has 0 bridgehead atoms. The number of aromatic nitrogens is 2. The number of anilines is 1. The lowest BCUT2D eigenvalue weighted by atomic mass is 10.1. The Bertz CT molecular complexity index is 885. The van der Waals surface area contributed by atoms with Gasteiger partial charge in [0.2, 0.25) is 0 Å². The first kappa shape index (κ1) is 15.3. The average molecular weight is 456 g/mol.